The number of hydrogen-bond donors (Lipinski definition) is 2. The van der Waals surface area contributed by atoms with Gasteiger partial charge >= 0.3 is 17.3 Å². The molecule has 0 saturated carbocycles. The van der Waals surface area contributed by atoms with Crippen LogP contribution >= 0.6 is 0 Å². The zero-order valence-electron chi connectivity index (χ0n) is 17.9. The number of ether oxygens (including phenoxy) is 1. The van der Waals surface area contributed by atoms with Gasteiger partial charge in [-0.05, 0) is 29.2 Å². The minimum Gasteiger partial charge on any atom is -0.449 e. The summed E-state index contributed by atoms with van der Waals surface area (Å²) in [6, 6.07) is 16.2. The number of hydrogen-bond acceptors (Lipinski definition) is 5. The Hall–Kier alpha value is -4.38. The molecular formula is C25H21N3O5. The second-order valence-electron chi connectivity index (χ2n) is 7.57. The third kappa shape index (κ3) is 4.48. The van der Waals surface area contributed by atoms with E-state index in [1.807, 2.05) is 24.3 Å². The number of fused-ring (bicyclic) bond motifs is 3. The normalized spacial score (nSPS) is 11.7. The first-order chi connectivity index (χ1) is 16.0. The minimum atomic E-state index is -0.764. The van der Waals surface area contributed by atoms with Crippen molar-refractivity contribution in [3.05, 3.63) is 97.4 Å². The lowest BCUT2D eigenvalue weighted by Crippen LogP contribution is -2.26. The Morgan fingerprint density at radius 3 is 2.42 bits per heavy atom. The van der Waals surface area contributed by atoms with Crippen LogP contribution in [-0.2, 0) is 4.74 Å². The molecule has 0 atom stereocenters. The van der Waals surface area contributed by atoms with Crippen molar-refractivity contribution in [3.63, 3.8) is 0 Å². The summed E-state index contributed by atoms with van der Waals surface area (Å²) < 4.78 is 5.47. The Kier molecular flexibility index (Phi) is 6.22. The molecule has 2 N–H and O–H groups in total. The highest BCUT2D eigenvalue weighted by Gasteiger charge is 2.28. The zero-order valence-corrected chi connectivity index (χ0v) is 17.9. The lowest BCUT2D eigenvalue weighted by atomic mass is 9.98. The number of aromatic amines is 1. The van der Waals surface area contributed by atoms with Crippen LogP contribution in [0.25, 0.3) is 11.1 Å². The molecule has 1 heterocycles. The Bertz CT molecular complexity index is 1300. The number of H-pyrrole nitrogens is 1. The van der Waals surface area contributed by atoms with Gasteiger partial charge in [0.2, 0.25) is 0 Å². The molecule has 33 heavy (non-hydrogen) atoms. The van der Waals surface area contributed by atoms with Crippen LogP contribution in [-0.4, -0.2) is 29.2 Å². The fourth-order valence-electron chi connectivity index (χ4n) is 4.00. The Morgan fingerprint density at radius 2 is 1.79 bits per heavy atom. The summed E-state index contributed by atoms with van der Waals surface area (Å²) in [5.41, 5.74) is 3.90. The lowest BCUT2D eigenvalue weighted by Gasteiger charge is -2.14. The maximum Gasteiger partial charge on any atom is 0.407 e. The first-order valence-corrected chi connectivity index (χ1v) is 10.4. The van der Waals surface area contributed by atoms with Gasteiger partial charge < -0.3 is 15.0 Å². The highest BCUT2D eigenvalue weighted by molar-refractivity contribution is 5.79. The van der Waals surface area contributed by atoms with Gasteiger partial charge in [0.05, 0.1) is 10.5 Å². The number of nitrogens with zero attached hydrogens (tertiary/aromatic N) is 1. The molecule has 0 aliphatic heterocycles. The number of benzene rings is 2. The van der Waals surface area contributed by atoms with Crippen molar-refractivity contribution in [2.45, 2.75) is 19.3 Å². The highest BCUT2D eigenvalue weighted by Crippen LogP contribution is 2.44. The van der Waals surface area contributed by atoms with E-state index in [0.29, 0.717) is 12.0 Å². The van der Waals surface area contributed by atoms with Gasteiger partial charge in [0.15, 0.2) is 0 Å². The van der Waals surface area contributed by atoms with E-state index in [2.05, 4.69) is 46.4 Å². The molecule has 8 nitrogen and oxygen atoms in total. The summed E-state index contributed by atoms with van der Waals surface area (Å²) in [7, 11) is 0. The highest BCUT2D eigenvalue weighted by atomic mass is 16.6. The van der Waals surface area contributed by atoms with Crippen molar-refractivity contribution < 1.29 is 14.5 Å². The van der Waals surface area contributed by atoms with Crippen LogP contribution in [0.5, 0.6) is 0 Å². The number of pyridine rings is 1. The summed E-state index contributed by atoms with van der Waals surface area (Å²) in [4.78, 5) is 36.4. The van der Waals surface area contributed by atoms with E-state index < -0.39 is 22.3 Å². The molecule has 0 unspecified atom stereocenters. The van der Waals surface area contributed by atoms with Crippen molar-refractivity contribution in [1.29, 1.82) is 0 Å². The summed E-state index contributed by atoms with van der Waals surface area (Å²) in [6.07, 6.45) is 1.13. The molecule has 3 aromatic rings. The van der Waals surface area contributed by atoms with Crippen molar-refractivity contribution in [3.8, 4) is 23.0 Å². The second-order valence-corrected chi connectivity index (χ2v) is 7.57. The number of amides is 1. The molecule has 1 aliphatic rings. The number of nitrogens with one attached hydrogen (secondary N) is 2. The van der Waals surface area contributed by atoms with Gasteiger partial charge in [-0.1, -0.05) is 60.4 Å². The van der Waals surface area contributed by atoms with E-state index in [0.717, 1.165) is 22.3 Å². The van der Waals surface area contributed by atoms with Crippen LogP contribution < -0.4 is 10.9 Å². The predicted molar refractivity (Wildman–Crippen MR) is 123 cm³/mol. The number of nitro groups is 1. The topological polar surface area (TPSA) is 114 Å². The molecule has 8 heteroatoms. The fraction of sp³-hybridized carbons (Fsp3) is 0.200. The molecule has 0 spiro atoms. The zero-order chi connectivity index (χ0) is 23.4. The third-order valence-electron chi connectivity index (χ3n) is 5.59. The van der Waals surface area contributed by atoms with E-state index in [4.69, 9.17) is 4.74 Å². The number of alkyl carbamates (subject to hydrolysis) is 1. The van der Waals surface area contributed by atoms with Gasteiger partial charge in [-0.2, -0.15) is 0 Å². The second kappa shape index (κ2) is 9.40. The van der Waals surface area contributed by atoms with Crippen LogP contribution in [0, 0.1) is 28.9 Å². The smallest absolute Gasteiger partial charge is 0.407 e. The maximum atomic E-state index is 12.2. The van der Waals surface area contributed by atoms with Gasteiger partial charge in [-0.25, -0.2) is 4.79 Å². The van der Waals surface area contributed by atoms with E-state index in [-0.39, 0.29) is 24.6 Å². The van der Waals surface area contributed by atoms with Gasteiger partial charge in [-0.3, -0.25) is 14.9 Å². The number of carbonyl (C=O) groups excluding carboxylic acids is 1. The molecule has 0 saturated heterocycles. The first-order valence-electron chi connectivity index (χ1n) is 10.4. The number of rotatable bonds is 5. The molecule has 0 radical (unpaired) electrons. The monoisotopic (exact) mass is 443 g/mol. The average Bonchev–Trinajstić information content (AvgIpc) is 3.12. The predicted octanol–water partition coefficient (Wildman–Crippen LogP) is 3.87. The van der Waals surface area contributed by atoms with Crippen LogP contribution in [0.15, 0.2) is 59.5 Å². The van der Waals surface area contributed by atoms with Gasteiger partial charge in [0.25, 0.3) is 0 Å². The van der Waals surface area contributed by atoms with E-state index >= 15 is 0 Å². The van der Waals surface area contributed by atoms with Crippen molar-refractivity contribution in [2.75, 3.05) is 13.2 Å². The van der Waals surface area contributed by atoms with Gasteiger partial charge in [0, 0.05) is 30.6 Å². The Balaban J connectivity index is 1.31. The van der Waals surface area contributed by atoms with Crippen LogP contribution in [0.3, 0.4) is 0 Å². The SMILES string of the molecule is Cc1c(C#CCCNC(=O)OCC2c3ccccc3-c3ccccc32)c[nH]c(=O)c1[N+](=O)[O-]. The molecule has 2 aromatic carbocycles. The van der Waals surface area contributed by atoms with E-state index in [1.165, 1.54) is 13.1 Å². The molecule has 0 bridgehead atoms. The minimum absolute atomic E-state index is 0.0121. The average molecular weight is 443 g/mol. The molecule has 1 aliphatic carbocycles. The number of aromatic nitrogens is 1. The quantitative estimate of drug-likeness (QED) is 0.269. The molecule has 0 fully saturated rings. The van der Waals surface area contributed by atoms with Crippen LogP contribution in [0.2, 0.25) is 0 Å². The van der Waals surface area contributed by atoms with Crippen molar-refractivity contribution in [2.24, 2.45) is 0 Å². The fourth-order valence-corrected chi connectivity index (χ4v) is 4.00. The maximum absolute atomic E-state index is 12.2. The third-order valence-corrected chi connectivity index (χ3v) is 5.59. The summed E-state index contributed by atoms with van der Waals surface area (Å²) in [5.74, 6) is 5.62. The van der Waals surface area contributed by atoms with Crippen LogP contribution in [0.4, 0.5) is 10.5 Å². The summed E-state index contributed by atoms with van der Waals surface area (Å²) >= 11 is 0. The molecular weight excluding hydrogens is 422 g/mol. The molecule has 4 rings (SSSR count). The summed E-state index contributed by atoms with van der Waals surface area (Å²) in [5, 5.41) is 13.7. The van der Waals surface area contributed by atoms with Crippen molar-refractivity contribution in [1.82, 2.24) is 10.3 Å². The summed E-state index contributed by atoms with van der Waals surface area (Å²) in [6.45, 7) is 1.96. The molecule has 166 valence electrons. The van der Waals surface area contributed by atoms with Gasteiger partial charge in [0.1, 0.15) is 6.61 Å². The van der Waals surface area contributed by atoms with E-state index in [9.17, 15) is 19.7 Å². The molecule has 1 aromatic heterocycles. The molecule has 1 amide bonds. The Morgan fingerprint density at radius 1 is 1.15 bits per heavy atom. The largest absolute Gasteiger partial charge is 0.449 e. The Labute approximate surface area is 189 Å². The number of carbonyl (C=O) groups is 1. The first kappa shape index (κ1) is 21.8. The lowest BCUT2D eigenvalue weighted by molar-refractivity contribution is -0.386. The van der Waals surface area contributed by atoms with Gasteiger partial charge in [-0.15, -0.1) is 0 Å². The van der Waals surface area contributed by atoms with Crippen molar-refractivity contribution >= 4 is 11.8 Å². The van der Waals surface area contributed by atoms with Crippen LogP contribution in [0.1, 0.15) is 34.6 Å². The standard InChI is InChI=1S/C25H21N3O5/c1-16-17(14-27-24(29)23(16)28(31)32)8-6-7-13-26-25(30)33-15-22-20-11-4-2-9-18(20)19-10-3-5-12-21(19)22/h2-5,9-12,14,22H,7,13,15H2,1H3,(H,26,30)(H,27,29). The van der Waals surface area contributed by atoms with E-state index in [1.54, 1.807) is 0 Å².